The molecule has 4 rings (SSSR count). The normalized spacial score (nSPS) is 18.7. The van der Waals surface area contributed by atoms with E-state index in [1.807, 2.05) is 43.3 Å². The van der Waals surface area contributed by atoms with Crippen LogP contribution in [0.3, 0.4) is 0 Å². The number of halogens is 1. The maximum absolute atomic E-state index is 13.0. The minimum atomic E-state index is -0.985. The molecule has 3 N–H and O–H groups in total. The molecule has 37 heavy (non-hydrogen) atoms. The molecule has 2 aliphatic heterocycles. The molecule has 0 aliphatic carbocycles. The predicted octanol–water partition coefficient (Wildman–Crippen LogP) is 4.36. The number of carbonyl (C=O) groups is 4. The molecule has 1 saturated heterocycles. The maximum atomic E-state index is 13.0. The van der Waals surface area contributed by atoms with Gasteiger partial charge in [-0.3, -0.25) is 29.4 Å². The van der Waals surface area contributed by atoms with Crippen molar-refractivity contribution in [3.63, 3.8) is 0 Å². The number of nitrogens with zero attached hydrogens (tertiary/aromatic N) is 1. The SMILES string of the molecule is Cc1ccc(NCCC(c2cccc(NC3=CC(=O)N(C4CCC(=O)NC4=O)C3=O)c2)C(C)C)cc1Cl. The van der Waals surface area contributed by atoms with Gasteiger partial charge in [0.2, 0.25) is 11.8 Å². The maximum Gasteiger partial charge on any atom is 0.278 e. The standard InChI is InChI=1S/C28H31ClN4O4/c1-16(2)21(11-12-30-19-8-7-17(3)22(29)14-19)18-5-4-6-20(13-18)31-23-15-26(35)33(28(23)37)24-9-10-25(34)32-27(24)36/h4-8,13-16,21,24,30-31H,9-12H2,1-3H3,(H,32,34,36). The zero-order valence-corrected chi connectivity index (χ0v) is 21.9. The first-order valence-electron chi connectivity index (χ1n) is 12.4. The number of aryl methyl sites for hydroxylation is 1. The van der Waals surface area contributed by atoms with Gasteiger partial charge in [0, 0.05) is 35.4 Å². The Balaban J connectivity index is 1.42. The second kappa shape index (κ2) is 11.2. The Bertz CT molecular complexity index is 1270. The summed E-state index contributed by atoms with van der Waals surface area (Å²) in [6.07, 6.45) is 2.30. The molecule has 0 aromatic heterocycles. The average Bonchev–Trinajstić information content (AvgIpc) is 3.11. The molecule has 194 valence electrons. The summed E-state index contributed by atoms with van der Waals surface area (Å²) in [5.74, 6) is -1.55. The van der Waals surface area contributed by atoms with Crippen LogP contribution >= 0.6 is 11.6 Å². The number of nitrogens with one attached hydrogen (secondary N) is 3. The fraction of sp³-hybridized carbons (Fsp3) is 0.357. The van der Waals surface area contributed by atoms with Crippen molar-refractivity contribution in [2.24, 2.45) is 5.92 Å². The highest BCUT2D eigenvalue weighted by molar-refractivity contribution is 6.31. The first kappa shape index (κ1) is 26.4. The van der Waals surface area contributed by atoms with Gasteiger partial charge in [-0.05, 0) is 67.0 Å². The van der Waals surface area contributed by atoms with Gasteiger partial charge in [-0.25, -0.2) is 0 Å². The number of benzene rings is 2. The van der Waals surface area contributed by atoms with E-state index in [9.17, 15) is 19.2 Å². The number of carbonyl (C=O) groups excluding carboxylic acids is 4. The van der Waals surface area contributed by atoms with Crippen molar-refractivity contribution in [1.82, 2.24) is 10.2 Å². The van der Waals surface area contributed by atoms with Crippen molar-refractivity contribution in [2.45, 2.75) is 52.0 Å². The van der Waals surface area contributed by atoms with Crippen molar-refractivity contribution in [3.05, 3.63) is 70.4 Å². The summed E-state index contributed by atoms with van der Waals surface area (Å²) in [4.78, 5) is 50.1. The molecule has 2 unspecified atom stereocenters. The van der Waals surface area contributed by atoms with Crippen LogP contribution < -0.4 is 16.0 Å². The van der Waals surface area contributed by atoms with E-state index in [1.165, 1.54) is 6.08 Å². The number of hydrogen-bond donors (Lipinski definition) is 3. The van der Waals surface area contributed by atoms with Gasteiger partial charge in [0.25, 0.3) is 11.8 Å². The largest absolute Gasteiger partial charge is 0.385 e. The van der Waals surface area contributed by atoms with Crippen molar-refractivity contribution in [2.75, 3.05) is 17.2 Å². The van der Waals surface area contributed by atoms with Gasteiger partial charge < -0.3 is 10.6 Å². The van der Waals surface area contributed by atoms with Crippen LogP contribution in [-0.2, 0) is 19.2 Å². The Morgan fingerprint density at radius 1 is 1.08 bits per heavy atom. The molecule has 2 atom stereocenters. The lowest BCUT2D eigenvalue weighted by molar-refractivity contribution is -0.149. The molecule has 0 spiro atoms. The van der Waals surface area contributed by atoms with Gasteiger partial charge in [0.05, 0.1) is 0 Å². The Hall–Kier alpha value is -3.65. The summed E-state index contributed by atoms with van der Waals surface area (Å²) in [6.45, 7) is 7.08. The van der Waals surface area contributed by atoms with E-state index >= 15 is 0 Å². The molecule has 8 nitrogen and oxygen atoms in total. The minimum Gasteiger partial charge on any atom is -0.385 e. The Labute approximate surface area is 221 Å². The molecule has 2 aromatic carbocycles. The van der Waals surface area contributed by atoms with Crippen LogP contribution in [0.1, 0.15) is 50.2 Å². The van der Waals surface area contributed by atoms with Crippen LogP contribution in [-0.4, -0.2) is 41.1 Å². The summed E-state index contributed by atoms with van der Waals surface area (Å²) in [5, 5.41) is 9.43. The molecule has 2 aliphatic rings. The number of piperidine rings is 1. The fourth-order valence-corrected chi connectivity index (χ4v) is 4.94. The van der Waals surface area contributed by atoms with Crippen LogP contribution in [0.15, 0.2) is 54.2 Å². The first-order valence-corrected chi connectivity index (χ1v) is 12.8. The number of rotatable bonds is 9. The summed E-state index contributed by atoms with van der Waals surface area (Å²) in [7, 11) is 0. The van der Waals surface area contributed by atoms with Crippen LogP contribution in [0.5, 0.6) is 0 Å². The molecule has 1 fully saturated rings. The third-order valence-corrected chi connectivity index (χ3v) is 7.24. The summed E-state index contributed by atoms with van der Waals surface area (Å²) >= 11 is 6.24. The highest BCUT2D eigenvalue weighted by Gasteiger charge is 2.42. The zero-order chi connectivity index (χ0) is 26.7. The molecule has 0 saturated carbocycles. The summed E-state index contributed by atoms with van der Waals surface area (Å²) in [5.41, 5.74) is 3.91. The van der Waals surface area contributed by atoms with Crippen LogP contribution in [0.4, 0.5) is 11.4 Å². The van der Waals surface area contributed by atoms with Gasteiger partial charge in [-0.1, -0.05) is 43.6 Å². The molecule has 2 aromatic rings. The Kier molecular flexibility index (Phi) is 7.97. The number of imide groups is 2. The molecule has 4 amide bonds. The fourth-order valence-electron chi connectivity index (χ4n) is 4.76. The quantitative estimate of drug-likeness (QED) is 0.422. The van der Waals surface area contributed by atoms with Gasteiger partial charge in [0.1, 0.15) is 11.7 Å². The van der Waals surface area contributed by atoms with Crippen molar-refractivity contribution < 1.29 is 19.2 Å². The topological polar surface area (TPSA) is 108 Å². The smallest absolute Gasteiger partial charge is 0.278 e. The molecule has 0 radical (unpaired) electrons. The van der Waals surface area contributed by atoms with Crippen LogP contribution in [0, 0.1) is 12.8 Å². The second-order valence-electron chi connectivity index (χ2n) is 9.82. The van der Waals surface area contributed by atoms with Crippen LogP contribution in [0.25, 0.3) is 0 Å². The Morgan fingerprint density at radius 2 is 1.86 bits per heavy atom. The summed E-state index contributed by atoms with van der Waals surface area (Å²) < 4.78 is 0. The third-order valence-electron chi connectivity index (χ3n) is 6.83. The minimum absolute atomic E-state index is 0.0840. The lowest BCUT2D eigenvalue weighted by atomic mass is 9.85. The van der Waals surface area contributed by atoms with E-state index in [0.717, 1.165) is 39.7 Å². The molecular formula is C28H31ClN4O4. The van der Waals surface area contributed by atoms with Crippen LogP contribution in [0.2, 0.25) is 5.02 Å². The molecule has 0 bridgehead atoms. The van der Waals surface area contributed by atoms with E-state index in [0.29, 0.717) is 11.6 Å². The van der Waals surface area contributed by atoms with E-state index in [-0.39, 0.29) is 24.5 Å². The van der Waals surface area contributed by atoms with E-state index in [1.54, 1.807) is 0 Å². The van der Waals surface area contributed by atoms with Gasteiger partial charge in [-0.2, -0.15) is 0 Å². The van der Waals surface area contributed by atoms with Crippen molar-refractivity contribution in [3.8, 4) is 0 Å². The van der Waals surface area contributed by atoms with Gasteiger partial charge >= 0.3 is 0 Å². The number of hydrogen-bond acceptors (Lipinski definition) is 6. The third kappa shape index (κ3) is 6.02. The van der Waals surface area contributed by atoms with E-state index in [2.05, 4.69) is 35.9 Å². The lowest BCUT2D eigenvalue weighted by Crippen LogP contribution is -2.54. The second-order valence-corrected chi connectivity index (χ2v) is 10.2. The van der Waals surface area contributed by atoms with Crippen molar-refractivity contribution >= 4 is 46.6 Å². The monoisotopic (exact) mass is 522 g/mol. The van der Waals surface area contributed by atoms with Gasteiger partial charge in [-0.15, -0.1) is 0 Å². The first-order chi connectivity index (χ1) is 17.6. The predicted molar refractivity (Wildman–Crippen MR) is 143 cm³/mol. The summed E-state index contributed by atoms with van der Waals surface area (Å²) in [6, 6.07) is 12.7. The zero-order valence-electron chi connectivity index (χ0n) is 21.1. The van der Waals surface area contributed by atoms with E-state index in [4.69, 9.17) is 11.6 Å². The van der Waals surface area contributed by atoms with Crippen molar-refractivity contribution in [1.29, 1.82) is 0 Å². The lowest BCUT2D eigenvalue weighted by Gasteiger charge is -2.28. The molecular weight excluding hydrogens is 492 g/mol. The van der Waals surface area contributed by atoms with E-state index < -0.39 is 29.7 Å². The highest BCUT2D eigenvalue weighted by Crippen LogP contribution is 2.31. The number of anilines is 2. The Morgan fingerprint density at radius 3 is 2.57 bits per heavy atom. The molecule has 9 heteroatoms. The average molecular weight is 523 g/mol. The van der Waals surface area contributed by atoms with Gasteiger partial charge in [0.15, 0.2) is 0 Å². The highest BCUT2D eigenvalue weighted by atomic mass is 35.5. The molecule has 2 heterocycles. The number of amides is 4.